The molecule has 0 spiro atoms. The van der Waals surface area contributed by atoms with Crippen molar-refractivity contribution in [3.05, 3.63) is 34.9 Å². The van der Waals surface area contributed by atoms with Gasteiger partial charge in [0.15, 0.2) is 0 Å². The van der Waals surface area contributed by atoms with Crippen LogP contribution < -0.4 is 5.32 Å². The summed E-state index contributed by atoms with van der Waals surface area (Å²) in [4.78, 5) is 23.0. The Morgan fingerprint density at radius 2 is 2.14 bits per heavy atom. The molecule has 1 aliphatic carbocycles. The number of carbonyl (C=O) groups is 2. The molecule has 21 heavy (non-hydrogen) atoms. The van der Waals surface area contributed by atoms with E-state index >= 15 is 0 Å². The summed E-state index contributed by atoms with van der Waals surface area (Å²) < 4.78 is 0. The monoisotopic (exact) mass is 309 g/mol. The summed E-state index contributed by atoms with van der Waals surface area (Å²) in [6, 6.07) is 7.58. The molecular formula is C16H20ClNO3. The number of amides is 1. The van der Waals surface area contributed by atoms with E-state index in [1.54, 1.807) is 13.8 Å². The molecule has 1 aliphatic rings. The van der Waals surface area contributed by atoms with Crippen LogP contribution in [0.15, 0.2) is 24.3 Å². The number of rotatable bonds is 6. The van der Waals surface area contributed by atoms with Gasteiger partial charge in [-0.3, -0.25) is 9.59 Å². The van der Waals surface area contributed by atoms with Gasteiger partial charge >= 0.3 is 5.97 Å². The van der Waals surface area contributed by atoms with Gasteiger partial charge in [0.25, 0.3) is 0 Å². The number of nitrogens with one attached hydrogen (secondary N) is 1. The maximum atomic E-state index is 12.0. The lowest BCUT2D eigenvalue weighted by Gasteiger charge is -2.18. The van der Waals surface area contributed by atoms with E-state index in [9.17, 15) is 9.59 Å². The summed E-state index contributed by atoms with van der Waals surface area (Å²) in [7, 11) is 0. The average Bonchev–Trinajstić information content (AvgIpc) is 3.18. The van der Waals surface area contributed by atoms with Crippen LogP contribution in [0.25, 0.3) is 0 Å². The summed E-state index contributed by atoms with van der Waals surface area (Å²) in [5.74, 6) is -0.631. The first-order valence-electron chi connectivity index (χ1n) is 7.08. The van der Waals surface area contributed by atoms with E-state index in [1.165, 1.54) is 0 Å². The fraction of sp³-hybridized carbons (Fsp3) is 0.500. The van der Waals surface area contributed by atoms with Crippen LogP contribution in [-0.2, 0) is 9.59 Å². The highest BCUT2D eigenvalue weighted by atomic mass is 35.5. The highest BCUT2D eigenvalue weighted by Crippen LogP contribution is 2.47. The molecule has 0 aliphatic heterocycles. The standard InChI is InChI=1S/C16H20ClNO3/c1-16(2,15(20)21)6-7-18-14(19)13-9-12(13)10-4-3-5-11(17)8-10/h3-5,8,12-13H,6-7,9H2,1-2H3,(H,18,19)(H,20,21). The Labute approximate surface area is 129 Å². The van der Waals surface area contributed by atoms with E-state index in [4.69, 9.17) is 16.7 Å². The number of carboxylic acid groups (broad SMARTS) is 1. The van der Waals surface area contributed by atoms with Gasteiger partial charge in [-0.2, -0.15) is 0 Å². The van der Waals surface area contributed by atoms with Gasteiger partial charge < -0.3 is 10.4 Å². The van der Waals surface area contributed by atoms with Crippen LogP contribution in [0, 0.1) is 11.3 Å². The molecule has 4 nitrogen and oxygen atoms in total. The number of benzene rings is 1. The summed E-state index contributed by atoms with van der Waals surface area (Å²) in [5.41, 5.74) is 0.275. The fourth-order valence-corrected chi connectivity index (χ4v) is 2.53. The van der Waals surface area contributed by atoms with E-state index in [0.717, 1.165) is 12.0 Å². The predicted octanol–water partition coefficient (Wildman–Crippen LogP) is 3.06. The minimum atomic E-state index is -0.847. The topological polar surface area (TPSA) is 66.4 Å². The number of hydrogen-bond acceptors (Lipinski definition) is 2. The van der Waals surface area contributed by atoms with Crippen LogP contribution in [0.1, 0.15) is 38.2 Å². The highest BCUT2D eigenvalue weighted by Gasteiger charge is 2.43. The molecule has 2 rings (SSSR count). The van der Waals surface area contributed by atoms with Gasteiger partial charge in [-0.05, 0) is 50.3 Å². The van der Waals surface area contributed by atoms with Crippen LogP contribution in [-0.4, -0.2) is 23.5 Å². The van der Waals surface area contributed by atoms with Crippen LogP contribution in [0.3, 0.4) is 0 Å². The molecule has 2 unspecified atom stereocenters. The highest BCUT2D eigenvalue weighted by molar-refractivity contribution is 6.30. The third-order valence-electron chi connectivity index (χ3n) is 4.03. The molecule has 0 heterocycles. The molecule has 1 fully saturated rings. The predicted molar refractivity (Wildman–Crippen MR) is 81.3 cm³/mol. The lowest BCUT2D eigenvalue weighted by Crippen LogP contribution is -2.32. The van der Waals surface area contributed by atoms with Crippen molar-refractivity contribution in [1.29, 1.82) is 0 Å². The largest absolute Gasteiger partial charge is 0.481 e. The molecule has 1 aromatic rings. The molecular weight excluding hydrogens is 290 g/mol. The summed E-state index contributed by atoms with van der Waals surface area (Å²) >= 11 is 5.95. The molecule has 0 saturated heterocycles. The average molecular weight is 310 g/mol. The summed E-state index contributed by atoms with van der Waals surface area (Å²) in [5, 5.41) is 12.5. The van der Waals surface area contributed by atoms with Crippen molar-refractivity contribution in [3.63, 3.8) is 0 Å². The van der Waals surface area contributed by atoms with Crippen molar-refractivity contribution in [2.24, 2.45) is 11.3 Å². The van der Waals surface area contributed by atoms with E-state index in [-0.39, 0.29) is 17.7 Å². The molecule has 1 saturated carbocycles. The first-order chi connectivity index (χ1) is 9.81. The van der Waals surface area contributed by atoms with Crippen molar-refractivity contribution in [2.45, 2.75) is 32.6 Å². The molecule has 2 atom stereocenters. The Bertz CT molecular complexity index is 556. The number of hydrogen-bond donors (Lipinski definition) is 2. The zero-order valence-corrected chi connectivity index (χ0v) is 13.0. The molecule has 5 heteroatoms. The third-order valence-corrected chi connectivity index (χ3v) is 4.27. The summed E-state index contributed by atoms with van der Waals surface area (Å²) in [6.07, 6.45) is 1.25. The minimum absolute atomic E-state index is 0.00108. The van der Waals surface area contributed by atoms with E-state index in [2.05, 4.69) is 5.32 Å². The second kappa shape index (κ2) is 6.06. The van der Waals surface area contributed by atoms with Crippen molar-refractivity contribution >= 4 is 23.5 Å². The van der Waals surface area contributed by atoms with Crippen molar-refractivity contribution < 1.29 is 14.7 Å². The number of aliphatic carboxylic acids is 1. The molecule has 0 radical (unpaired) electrons. The normalized spacial score (nSPS) is 20.9. The van der Waals surface area contributed by atoms with E-state index < -0.39 is 11.4 Å². The Morgan fingerprint density at radius 1 is 1.43 bits per heavy atom. The quantitative estimate of drug-likeness (QED) is 0.848. The van der Waals surface area contributed by atoms with Gasteiger partial charge in [-0.15, -0.1) is 0 Å². The second-order valence-corrected chi connectivity index (χ2v) is 6.67. The number of halogens is 1. The molecule has 1 amide bonds. The van der Waals surface area contributed by atoms with Gasteiger partial charge in [-0.25, -0.2) is 0 Å². The van der Waals surface area contributed by atoms with Crippen molar-refractivity contribution in [3.8, 4) is 0 Å². The molecule has 2 N–H and O–H groups in total. The van der Waals surface area contributed by atoms with Crippen molar-refractivity contribution in [2.75, 3.05) is 6.54 Å². The van der Waals surface area contributed by atoms with E-state index in [0.29, 0.717) is 18.0 Å². The lowest BCUT2D eigenvalue weighted by molar-refractivity contribution is -0.147. The Hall–Kier alpha value is -1.55. The minimum Gasteiger partial charge on any atom is -0.481 e. The Kier molecular flexibility index (Phi) is 4.57. The molecule has 0 aromatic heterocycles. The first kappa shape index (κ1) is 15.8. The number of carboxylic acids is 1. The molecule has 0 bridgehead atoms. The maximum Gasteiger partial charge on any atom is 0.309 e. The second-order valence-electron chi connectivity index (χ2n) is 6.23. The van der Waals surface area contributed by atoms with Gasteiger partial charge in [0.2, 0.25) is 5.91 Å². The van der Waals surface area contributed by atoms with Crippen LogP contribution in [0.5, 0.6) is 0 Å². The zero-order valence-electron chi connectivity index (χ0n) is 12.2. The molecule has 1 aromatic carbocycles. The smallest absolute Gasteiger partial charge is 0.309 e. The first-order valence-corrected chi connectivity index (χ1v) is 7.45. The maximum absolute atomic E-state index is 12.0. The van der Waals surface area contributed by atoms with Gasteiger partial charge in [0.1, 0.15) is 0 Å². The van der Waals surface area contributed by atoms with Crippen molar-refractivity contribution in [1.82, 2.24) is 5.32 Å². The fourth-order valence-electron chi connectivity index (χ4n) is 2.33. The van der Waals surface area contributed by atoms with Crippen LogP contribution in [0.2, 0.25) is 5.02 Å². The van der Waals surface area contributed by atoms with Crippen LogP contribution >= 0.6 is 11.6 Å². The van der Waals surface area contributed by atoms with Gasteiger partial charge in [0, 0.05) is 17.5 Å². The number of carbonyl (C=O) groups excluding carboxylic acids is 1. The zero-order chi connectivity index (χ0) is 15.6. The van der Waals surface area contributed by atoms with Crippen LogP contribution in [0.4, 0.5) is 0 Å². The SMILES string of the molecule is CC(C)(CCNC(=O)C1CC1c1cccc(Cl)c1)C(=O)O. The van der Waals surface area contributed by atoms with Gasteiger partial charge in [-0.1, -0.05) is 23.7 Å². The Morgan fingerprint density at radius 3 is 2.76 bits per heavy atom. The Balaban J connectivity index is 1.80. The van der Waals surface area contributed by atoms with E-state index in [1.807, 2.05) is 24.3 Å². The summed E-state index contributed by atoms with van der Waals surface area (Å²) in [6.45, 7) is 3.71. The van der Waals surface area contributed by atoms with Gasteiger partial charge in [0.05, 0.1) is 5.41 Å². The third kappa shape index (κ3) is 3.97. The molecule has 114 valence electrons. The lowest BCUT2D eigenvalue weighted by atomic mass is 9.90.